The summed E-state index contributed by atoms with van der Waals surface area (Å²) < 4.78 is 25.5. The SMILES string of the molecule is COc1ccc(NCc2cc3c(C)nn(-c4ccc(F)cc4)c3[nH]c2=O)c(OC)c1. The minimum atomic E-state index is -0.331. The fourth-order valence-corrected chi connectivity index (χ4v) is 3.30. The highest BCUT2D eigenvalue weighted by Gasteiger charge is 2.14. The number of aryl methyl sites for hydroxylation is 1. The van der Waals surface area contributed by atoms with Gasteiger partial charge in [0.25, 0.3) is 5.56 Å². The number of fused-ring (bicyclic) bond motifs is 1. The third-order valence-corrected chi connectivity index (χ3v) is 4.90. The van der Waals surface area contributed by atoms with Crippen molar-refractivity contribution < 1.29 is 13.9 Å². The Morgan fingerprint density at radius 2 is 1.87 bits per heavy atom. The van der Waals surface area contributed by atoms with Crippen LogP contribution in [0.2, 0.25) is 0 Å². The first-order chi connectivity index (χ1) is 14.5. The van der Waals surface area contributed by atoms with Crippen molar-refractivity contribution in [3.63, 3.8) is 0 Å². The van der Waals surface area contributed by atoms with E-state index in [1.165, 1.54) is 12.1 Å². The topological polar surface area (TPSA) is 81.2 Å². The van der Waals surface area contributed by atoms with Crippen LogP contribution < -0.4 is 20.3 Å². The first kappa shape index (κ1) is 19.5. The minimum absolute atomic E-state index is 0.231. The molecule has 0 saturated heterocycles. The number of benzene rings is 2. The molecule has 0 bridgehead atoms. The summed E-state index contributed by atoms with van der Waals surface area (Å²) in [6.07, 6.45) is 0. The molecule has 2 aromatic heterocycles. The predicted molar refractivity (Wildman–Crippen MR) is 113 cm³/mol. The highest BCUT2D eigenvalue weighted by Crippen LogP contribution is 2.29. The van der Waals surface area contributed by atoms with E-state index in [1.807, 2.05) is 25.1 Å². The third-order valence-electron chi connectivity index (χ3n) is 4.90. The number of H-pyrrole nitrogens is 1. The molecule has 2 aromatic carbocycles. The number of nitrogens with one attached hydrogen (secondary N) is 2. The van der Waals surface area contributed by atoms with Gasteiger partial charge in [0, 0.05) is 23.6 Å². The molecule has 0 amide bonds. The van der Waals surface area contributed by atoms with Gasteiger partial charge in [0.2, 0.25) is 0 Å². The van der Waals surface area contributed by atoms with E-state index in [4.69, 9.17) is 9.47 Å². The molecule has 4 aromatic rings. The summed E-state index contributed by atoms with van der Waals surface area (Å²) in [4.78, 5) is 15.6. The molecule has 0 unspecified atom stereocenters. The Morgan fingerprint density at radius 1 is 1.10 bits per heavy atom. The van der Waals surface area contributed by atoms with Crippen LogP contribution in [-0.4, -0.2) is 29.0 Å². The van der Waals surface area contributed by atoms with Gasteiger partial charge in [-0.3, -0.25) is 4.79 Å². The Balaban J connectivity index is 1.67. The van der Waals surface area contributed by atoms with Crippen LogP contribution >= 0.6 is 0 Å². The number of hydrogen-bond acceptors (Lipinski definition) is 5. The number of aromatic nitrogens is 3. The maximum Gasteiger partial charge on any atom is 0.254 e. The maximum absolute atomic E-state index is 13.2. The van der Waals surface area contributed by atoms with Crippen molar-refractivity contribution in [1.29, 1.82) is 0 Å². The Morgan fingerprint density at radius 3 is 2.57 bits per heavy atom. The Kier molecular flexibility index (Phi) is 5.14. The van der Waals surface area contributed by atoms with E-state index in [0.717, 1.165) is 16.8 Å². The molecule has 0 atom stereocenters. The van der Waals surface area contributed by atoms with Gasteiger partial charge >= 0.3 is 0 Å². The zero-order valence-corrected chi connectivity index (χ0v) is 16.8. The first-order valence-corrected chi connectivity index (χ1v) is 9.33. The van der Waals surface area contributed by atoms with Crippen LogP contribution in [0.1, 0.15) is 11.3 Å². The number of pyridine rings is 1. The zero-order valence-electron chi connectivity index (χ0n) is 16.8. The quantitative estimate of drug-likeness (QED) is 0.507. The molecule has 7 nitrogen and oxygen atoms in total. The first-order valence-electron chi connectivity index (χ1n) is 9.33. The van der Waals surface area contributed by atoms with E-state index in [9.17, 15) is 9.18 Å². The van der Waals surface area contributed by atoms with E-state index in [-0.39, 0.29) is 11.4 Å². The van der Waals surface area contributed by atoms with Crippen LogP contribution in [0.5, 0.6) is 11.5 Å². The number of anilines is 1. The lowest BCUT2D eigenvalue weighted by atomic mass is 10.2. The molecule has 0 aliphatic rings. The van der Waals surface area contributed by atoms with Crippen LogP contribution in [0.3, 0.4) is 0 Å². The molecule has 8 heteroatoms. The monoisotopic (exact) mass is 408 g/mol. The van der Waals surface area contributed by atoms with Gasteiger partial charge in [0.05, 0.1) is 31.3 Å². The number of halogens is 1. The summed E-state index contributed by atoms with van der Waals surface area (Å²) in [5, 5.41) is 8.56. The molecule has 4 rings (SSSR count). The van der Waals surface area contributed by atoms with Gasteiger partial charge in [-0.25, -0.2) is 9.07 Å². The lowest BCUT2D eigenvalue weighted by molar-refractivity contribution is 0.395. The molecular formula is C22H21FN4O3. The number of rotatable bonds is 6. The zero-order chi connectivity index (χ0) is 21.3. The summed E-state index contributed by atoms with van der Waals surface area (Å²) in [7, 11) is 3.16. The number of nitrogens with zero attached hydrogens (tertiary/aromatic N) is 2. The second-order valence-electron chi connectivity index (χ2n) is 6.78. The number of ether oxygens (including phenoxy) is 2. The predicted octanol–water partition coefficient (Wildman–Crippen LogP) is 3.79. The van der Waals surface area contributed by atoms with E-state index >= 15 is 0 Å². The van der Waals surface area contributed by atoms with Gasteiger partial charge in [0.1, 0.15) is 23.0 Å². The fourth-order valence-electron chi connectivity index (χ4n) is 3.30. The third kappa shape index (κ3) is 3.59. The van der Waals surface area contributed by atoms with Gasteiger partial charge in [0.15, 0.2) is 0 Å². The number of methoxy groups -OCH3 is 2. The minimum Gasteiger partial charge on any atom is -0.497 e. The standard InChI is InChI=1S/C22H21FN4O3/c1-13-18-10-14(12-24-19-9-8-17(29-2)11-20(19)30-3)22(28)25-21(18)27(26-13)16-6-4-15(23)5-7-16/h4-11,24H,12H2,1-3H3,(H,25,28). The van der Waals surface area contributed by atoms with E-state index in [2.05, 4.69) is 15.4 Å². The van der Waals surface area contributed by atoms with E-state index in [1.54, 1.807) is 37.1 Å². The van der Waals surface area contributed by atoms with Gasteiger partial charge in [-0.15, -0.1) is 0 Å². The average molecular weight is 408 g/mol. The fraction of sp³-hybridized carbons (Fsp3) is 0.182. The van der Waals surface area contributed by atoms with Crippen molar-refractivity contribution in [2.75, 3.05) is 19.5 Å². The van der Waals surface area contributed by atoms with Crippen molar-refractivity contribution in [2.45, 2.75) is 13.5 Å². The van der Waals surface area contributed by atoms with Crippen LogP contribution in [0, 0.1) is 12.7 Å². The van der Waals surface area contributed by atoms with Gasteiger partial charge < -0.3 is 19.8 Å². The summed E-state index contributed by atoms with van der Waals surface area (Å²) in [5.74, 6) is 0.968. The van der Waals surface area contributed by atoms with Crippen LogP contribution in [0.15, 0.2) is 53.3 Å². The Bertz CT molecular complexity index is 1260. The average Bonchev–Trinajstić information content (AvgIpc) is 3.07. The molecular weight excluding hydrogens is 387 g/mol. The molecule has 2 N–H and O–H groups in total. The summed E-state index contributed by atoms with van der Waals surface area (Å²) in [5.41, 5.74) is 3.06. The molecule has 2 heterocycles. The smallest absolute Gasteiger partial charge is 0.254 e. The number of hydrogen-bond donors (Lipinski definition) is 2. The normalized spacial score (nSPS) is 10.9. The molecule has 0 spiro atoms. The molecule has 0 saturated carbocycles. The van der Waals surface area contributed by atoms with E-state index < -0.39 is 0 Å². The molecule has 0 radical (unpaired) electrons. The molecule has 0 aliphatic carbocycles. The van der Waals surface area contributed by atoms with Crippen LogP contribution in [-0.2, 0) is 6.54 Å². The highest BCUT2D eigenvalue weighted by atomic mass is 19.1. The summed E-state index contributed by atoms with van der Waals surface area (Å²) in [6.45, 7) is 2.17. The van der Waals surface area contributed by atoms with Crippen molar-refractivity contribution in [3.8, 4) is 17.2 Å². The second-order valence-corrected chi connectivity index (χ2v) is 6.78. The lowest BCUT2D eigenvalue weighted by Crippen LogP contribution is -2.16. The second kappa shape index (κ2) is 7.90. The maximum atomic E-state index is 13.2. The van der Waals surface area contributed by atoms with Crippen molar-refractivity contribution in [3.05, 3.63) is 76.0 Å². The molecule has 0 aliphatic heterocycles. The summed E-state index contributed by atoms with van der Waals surface area (Å²) in [6, 6.07) is 13.2. The van der Waals surface area contributed by atoms with E-state index in [0.29, 0.717) is 34.9 Å². The van der Waals surface area contributed by atoms with Crippen molar-refractivity contribution in [1.82, 2.24) is 14.8 Å². The molecule has 154 valence electrons. The van der Waals surface area contributed by atoms with Crippen LogP contribution in [0.25, 0.3) is 16.7 Å². The van der Waals surface area contributed by atoms with Crippen LogP contribution in [0.4, 0.5) is 10.1 Å². The largest absolute Gasteiger partial charge is 0.497 e. The van der Waals surface area contributed by atoms with Crippen molar-refractivity contribution in [2.24, 2.45) is 0 Å². The van der Waals surface area contributed by atoms with Crippen molar-refractivity contribution >= 4 is 16.7 Å². The van der Waals surface area contributed by atoms with Gasteiger partial charge in [-0.05, 0) is 49.4 Å². The number of aromatic amines is 1. The Labute approximate surface area is 172 Å². The van der Waals surface area contributed by atoms with Gasteiger partial charge in [-0.2, -0.15) is 5.10 Å². The Hall–Kier alpha value is -3.81. The molecule has 30 heavy (non-hydrogen) atoms. The lowest BCUT2D eigenvalue weighted by Gasteiger charge is -2.12. The molecule has 0 fully saturated rings. The summed E-state index contributed by atoms with van der Waals surface area (Å²) >= 11 is 0. The highest BCUT2D eigenvalue weighted by molar-refractivity contribution is 5.80. The van der Waals surface area contributed by atoms with Gasteiger partial charge in [-0.1, -0.05) is 0 Å².